The minimum Gasteiger partial charge on any atom is -0.485 e. The van der Waals surface area contributed by atoms with E-state index in [2.05, 4.69) is 15.6 Å². The van der Waals surface area contributed by atoms with Crippen LogP contribution in [0, 0.1) is 0 Å². The highest BCUT2D eigenvalue weighted by atomic mass is 16.5. The van der Waals surface area contributed by atoms with E-state index in [1.54, 1.807) is 4.68 Å². The molecule has 3 rings (SSSR count). The Morgan fingerprint density at radius 2 is 2.15 bits per heavy atom. The molecule has 6 heteroatoms. The number of nitrogens with zero attached hydrogens (tertiary/aromatic N) is 3. The number of hydrogen-bond acceptors (Lipinski definition) is 4. The van der Waals surface area contributed by atoms with E-state index in [0.29, 0.717) is 24.5 Å². The van der Waals surface area contributed by atoms with Crippen LogP contribution in [0.2, 0.25) is 0 Å². The number of aryl methyl sites for hydroxylation is 1. The highest BCUT2D eigenvalue weighted by molar-refractivity contribution is 5.92. The van der Waals surface area contributed by atoms with Crippen molar-refractivity contribution in [3.63, 3.8) is 0 Å². The summed E-state index contributed by atoms with van der Waals surface area (Å²) in [6.07, 6.45) is 4.11. The maximum absolute atomic E-state index is 11.9. The van der Waals surface area contributed by atoms with Gasteiger partial charge in [-0.05, 0) is 25.0 Å². The highest BCUT2D eigenvalue weighted by Crippen LogP contribution is 2.25. The average Bonchev–Trinajstić information content (AvgIpc) is 2.90. The van der Waals surface area contributed by atoms with Gasteiger partial charge in [-0.15, -0.1) is 5.10 Å². The van der Waals surface area contributed by atoms with Crippen LogP contribution in [0.5, 0.6) is 5.75 Å². The molecule has 0 spiro atoms. The van der Waals surface area contributed by atoms with Crippen molar-refractivity contribution in [2.24, 2.45) is 0 Å². The molecule has 1 N–H and O–H groups in total. The summed E-state index contributed by atoms with van der Waals surface area (Å²) in [7, 11) is 0. The smallest absolute Gasteiger partial charge is 0.224 e. The summed E-state index contributed by atoms with van der Waals surface area (Å²) < 4.78 is 7.51. The summed E-state index contributed by atoms with van der Waals surface area (Å²) in [5.74, 6) is 0.661. The van der Waals surface area contributed by atoms with E-state index in [9.17, 15) is 4.79 Å². The number of benzene rings is 1. The van der Waals surface area contributed by atoms with Crippen molar-refractivity contribution in [2.75, 3.05) is 5.32 Å². The van der Waals surface area contributed by atoms with Gasteiger partial charge in [0.25, 0.3) is 0 Å². The topological polar surface area (TPSA) is 69.0 Å². The third-order valence-electron chi connectivity index (χ3n) is 3.16. The van der Waals surface area contributed by atoms with E-state index in [-0.39, 0.29) is 5.91 Å². The van der Waals surface area contributed by atoms with Crippen LogP contribution in [0.25, 0.3) is 0 Å². The Morgan fingerprint density at radius 1 is 1.25 bits per heavy atom. The monoisotopic (exact) mass is 272 g/mol. The molecule has 1 aromatic carbocycles. The Balaban J connectivity index is 1.85. The molecule has 0 aliphatic carbocycles. The average molecular weight is 272 g/mol. The molecule has 0 saturated heterocycles. The summed E-state index contributed by atoms with van der Waals surface area (Å²) in [4.78, 5) is 11.9. The highest BCUT2D eigenvalue weighted by Gasteiger charge is 2.10. The summed E-state index contributed by atoms with van der Waals surface area (Å²) in [6.45, 7) is 1.11. The first-order chi connectivity index (χ1) is 9.81. The van der Waals surface area contributed by atoms with Gasteiger partial charge in [-0.2, -0.15) is 0 Å². The van der Waals surface area contributed by atoms with Crippen LogP contribution in [0.15, 0.2) is 30.5 Å². The minimum atomic E-state index is 0.0127. The van der Waals surface area contributed by atoms with E-state index in [4.69, 9.17) is 4.74 Å². The normalized spacial score (nSPS) is 15.9. The van der Waals surface area contributed by atoms with Crippen molar-refractivity contribution in [3.8, 4) is 5.75 Å². The van der Waals surface area contributed by atoms with Crippen molar-refractivity contribution in [1.82, 2.24) is 15.0 Å². The lowest BCUT2D eigenvalue weighted by atomic mass is 10.2. The largest absolute Gasteiger partial charge is 0.485 e. The van der Waals surface area contributed by atoms with Gasteiger partial charge in [0.2, 0.25) is 5.91 Å². The van der Waals surface area contributed by atoms with Gasteiger partial charge in [0.05, 0.1) is 11.9 Å². The van der Waals surface area contributed by atoms with E-state index in [1.807, 2.05) is 30.5 Å². The van der Waals surface area contributed by atoms with E-state index < -0.39 is 0 Å². The predicted molar refractivity (Wildman–Crippen MR) is 73.3 cm³/mol. The van der Waals surface area contributed by atoms with Crippen molar-refractivity contribution < 1.29 is 9.53 Å². The first kappa shape index (κ1) is 12.7. The fraction of sp³-hybridized carbons (Fsp3) is 0.357. The Morgan fingerprint density at radius 3 is 3.10 bits per heavy atom. The third-order valence-corrected chi connectivity index (χ3v) is 3.16. The Bertz CT molecular complexity index is 609. The molecule has 0 fully saturated rings. The van der Waals surface area contributed by atoms with Gasteiger partial charge < -0.3 is 10.1 Å². The molecule has 0 atom stereocenters. The number of aromatic nitrogens is 3. The number of anilines is 1. The van der Waals surface area contributed by atoms with Gasteiger partial charge in [0.1, 0.15) is 18.1 Å². The first-order valence-electron chi connectivity index (χ1n) is 6.72. The fourth-order valence-electron chi connectivity index (χ4n) is 2.13. The molecule has 0 radical (unpaired) electrons. The Kier molecular flexibility index (Phi) is 3.62. The second-order valence-electron chi connectivity index (χ2n) is 4.76. The number of hydrogen-bond donors (Lipinski definition) is 1. The quantitative estimate of drug-likeness (QED) is 0.796. The summed E-state index contributed by atoms with van der Waals surface area (Å²) in [5, 5.41) is 11.0. The number of carbonyl (C=O) groups excluding carboxylic acids is 1. The molecule has 1 amide bonds. The number of nitrogens with one attached hydrogen (secondary N) is 1. The number of amides is 1. The molecule has 20 heavy (non-hydrogen) atoms. The van der Waals surface area contributed by atoms with Crippen molar-refractivity contribution in [2.45, 2.75) is 32.4 Å². The molecular weight excluding hydrogens is 256 g/mol. The fourth-order valence-corrected chi connectivity index (χ4v) is 2.13. The summed E-state index contributed by atoms with van der Waals surface area (Å²) >= 11 is 0. The van der Waals surface area contributed by atoms with Crippen molar-refractivity contribution >= 4 is 11.6 Å². The van der Waals surface area contributed by atoms with Crippen molar-refractivity contribution in [3.05, 3.63) is 36.2 Å². The van der Waals surface area contributed by atoms with Gasteiger partial charge in [0, 0.05) is 13.0 Å². The number of para-hydroxylation sites is 2. The first-order valence-corrected chi connectivity index (χ1v) is 6.72. The number of carbonyl (C=O) groups is 1. The van der Waals surface area contributed by atoms with Gasteiger partial charge in [-0.1, -0.05) is 17.3 Å². The van der Waals surface area contributed by atoms with Crippen LogP contribution in [0.1, 0.15) is 25.0 Å². The van der Waals surface area contributed by atoms with Crippen LogP contribution >= 0.6 is 0 Å². The molecule has 2 aromatic rings. The number of fused-ring (bicyclic) bond motifs is 3. The van der Waals surface area contributed by atoms with Crippen LogP contribution in [0.3, 0.4) is 0 Å². The van der Waals surface area contributed by atoms with Gasteiger partial charge >= 0.3 is 0 Å². The zero-order valence-corrected chi connectivity index (χ0v) is 11.1. The summed E-state index contributed by atoms with van der Waals surface area (Å²) in [5.41, 5.74) is 1.48. The molecule has 6 nitrogen and oxygen atoms in total. The maximum atomic E-state index is 11.9. The van der Waals surface area contributed by atoms with Crippen molar-refractivity contribution in [1.29, 1.82) is 0 Å². The lowest BCUT2D eigenvalue weighted by Gasteiger charge is -2.11. The van der Waals surface area contributed by atoms with Gasteiger partial charge in [0.15, 0.2) is 0 Å². The SMILES string of the molecule is O=C1CCCCn2cc(nn2)COc2ccccc2N1. The van der Waals surface area contributed by atoms with Gasteiger partial charge in [-0.3, -0.25) is 9.48 Å². The molecule has 0 saturated carbocycles. The van der Waals surface area contributed by atoms with Crippen LogP contribution < -0.4 is 10.1 Å². The van der Waals surface area contributed by atoms with E-state index in [1.165, 1.54) is 0 Å². The molecule has 1 aliphatic heterocycles. The third kappa shape index (κ3) is 2.96. The van der Waals surface area contributed by atoms with Crippen LogP contribution in [-0.2, 0) is 17.9 Å². The zero-order valence-electron chi connectivity index (χ0n) is 11.1. The van der Waals surface area contributed by atoms with Crippen LogP contribution in [-0.4, -0.2) is 20.9 Å². The Hall–Kier alpha value is -2.37. The zero-order chi connectivity index (χ0) is 13.8. The standard InChI is InChI=1S/C14H16N4O2/c19-14-7-3-4-8-18-9-11(16-17-18)10-20-13-6-2-1-5-12(13)15-14/h1-2,5-6,9H,3-4,7-8,10H2,(H,15,19). The molecule has 1 aromatic heterocycles. The second-order valence-corrected chi connectivity index (χ2v) is 4.76. The van der Waals surface area contributed by atoms with E-state index >= 15 is 0 Å². The molecule has 2 bridgehead atoms. The lowest BCUT2D eigenvalue weighted by molar-refractivity contribution is -0.116. The lowest BCUT2D eigenvalue weighted by Crippen LogP contribution is -2.12. The summed E-state index contributed by atoms with van der Waals surface area (Å²) in [6, 6.07) is 7.42. The minimum absolute atomic E-state index is 0.0127. The second kappa shape index (κ2) is 5.73. The molecule has 104 valence electrons. The molecular formula is C14H16N4O2. The van der Waals surface area contributed by atoms with E-state index in [0.717, 1.165) is 25.1 Å². The number of rotatable bonds is 0. The number of ether oxygens (including phenoxy) is 1. The van der Waals surface area contributed by atoms with Gasteiger partial charge in [-0.25, -0.2) is 0 Å². The molecule has 2 heterocycles. The van der Waals surface area contributed by atoms with Crippen LogP contribution in [0.4, 0.5) is 5.69 Å². The molecule has 1 aliphatic rings. The predicted octanol–water partition coefficient (Wildman–Crippen LogP) is 1.98. The Labute approximate surface area is 116 Å². The maximum Gasteiger partial charge on any atom is 0.224 e. The molecule has 0 unspecified atom stereocenters.